The molecule has 1 amide bonds. The Labute approximate surface area is 199 Å². The van der Waals surface area contributed by atoms with Crippen LogP contribution in [0.4, 0.5) is 4.39 Å². The van der Waals surface area contributed by atoms with Crippen LogP contribution < -0.4 is 10.1 Å². The predicted octanol–water partition coefficient (Wildman–Crippen LogP) is 6.60. The summed E-state index contributed by atoms with van der Waals surface area (Å²) < 4.78 is 19.4. The van der Waals surface area contributed by atoms with Crippen molar-refractivity contribution in [1.82, 2.24) is 5.32 Å². The molecule has 0 spiro atoms. The second-order valence-corrected chi connectivity index (χ2v) is 8.27. The van der Waals surface area contributed by atoms with Gasteiger partial charge in [-0.3, -0.25) is 4.79 Å². The molecule has 32 heavy (non-hydrogen) atoms. The molecule has 0 radical (unpaired) electrons. The highest BCUT2D eigenvalue weighted by Crippen LogP contribution is 2.35. The Kier molecular flexibility index (Phi) is 8.04. The van der Waals surface area contributed by atoms with Crippen molar-refractivity contribution in [3.63, 3.8) is 0 Å². The summed E-state index contributed by atoms with van der Waals surface area (Å²) in [6, 6.07) is 20.5. The van der Waals surface area contributed by atoms with Crippen molar-refractivity contribution in [1.29, 1.82) is 5.26 Å². The number of nitrogens with zero attached hydrogens (tertiary/aromatic N) is 1. The first-order valence-electron chi connectivity index (χ1n) is 9.71. The molecule has 0 unspecified atom stereocenters. The van der Waals surface area contributed by atoms with Gasteiger partial charge in [-0.1, -0.05) is 54.1 Å². The predicted molar refractivity (Wildman–Crippen MR) is 126 cm³/mol. The third kappa shape index (κ3) is 6.19. The molecule has 0 heterocycles. The number of nitriles is 1. The van der Waals surface area contributed by atoms with E-state index in [1.807, 2.05) is 43.3 Å². The van der Waals surface area contributed by atoms with E-state index in [1.165, 1.54) is 18.2 Å². The van der Waals surface area contributed by atoms with Crippen LogP contribution in [-0.4, -0.2) is 5.91 Å². The fourth-order valence-corrected chi connectivity index (χ4v) is 3.94. The number of hydrogen-bond acceptors (Lipinski definition) is 3. The van der Waals surface area contributed by atoms with Crippen LogP contribution in [0.2, 0.25) is 5.02 Å². The third-order valence-corrected chi connectivity index (χ3v) is 5.51. The summed E-state index contributed by atoms with van der Waals surface area (Å²) in [4.78, 5) is 12.6. The highest BCUT2D eigenvalue weighted by molar-refractivity contribution is 9.10. The minimum absolute atomic E-state index is 0.0456. The molecule has 0 aromatic heterocycles. The lowest BCUT2D eigenvalue weighted by Crippen LogP contribution is -2.27. The van der Waals surface area contributed by atoms with Gasteiger partial charge in [0, 0.05) is 0 Å². The second kappa shape index (κ2) is 10.9. The van der Waals surface area contributed by atoms with Gasteiger partial charge in [0.05, 0.1) is 15.5 Å². The van der Waals surface area contributed by atoms with Crippen LogP contribution >= 0.6 is 27.5 Å². The van der Waals surface area contributed by atoms with Crippen LogP contribution in [0.5, 0.6) is 5.75 Å². The Morgan fingerprint density at radius 3 is 2.53 bits per heavy atom. The van der Waals surface area contributed by atoms with Crippen LogP contribution in [0, 0.1) is 17.1 Å². The number of amides is 1. The van der Waals surface area contributed by atoms with Crippen molar-refractivity contribution in [2.45, 2.75) is 19.6 Å². The fraction of sp³-hybridized carbons (Fsp3) is 0.120. The second-order valence-electron chi connectivity index (χ2n) is 7.00. The lowest BCUT2D eigenvalue weighted by molar-refractivity contribution is -0.117. The van der Waals surface area contributed by atoms with Crippen LogP contribution in [0.25, 0.3) is 6.08 Å². The zero-order chi connectivity index (χ0) is 23.1. The summed E-state index contributed by atoms with van der Waals surface area (Å²) >= 11 is 9.79. The number of rotatable bonds is 7. The van der Waals surface area contributed by atoms with E-state index in [4.69, 9.17) is 16.3 Å². The van der Waals surface area contributed by atoms with Crippen LogP contribution in [0.1, 0.15) is 29.7 Å². The summed E-state index contributed by atoms with van der Waals surface area (Å²) in [5.74, 6) is -0.388. The fourth-order valence-electron chi connectivity index (χ4n) is 2.95. The third-order valence-electron chi connectivity index (χ3n) is 4.64. The zero-order valence-electron chi connectivity index (χ0n) is 17.1. The van der Waals surface area contributed by atoms with Gasteiger partial charge in [0.25, 0.3) is 5.91 Å². The lowest BCUT2D eigenvalue weighted by atomic mass is 10.1. The number of carbonyl (C=O) groups is 1. The average molecular weight is 514 g/mol. The van der Waals surface area contributed by atoms with Gasteiger partial charge in [0.1, 0.15) is 24.1 Å². The molecule has 0 bridgehead atoms. The first-order valence-corrected chi connectivity index (χ1v) is 10.9. The van der Waals surface area contributed by atoms with Gasteiger partial charge in [-0.05, 0) is 69.9 Å². The molecule has 0 saturated carbocycles. The normalized spacial score (nSPS) is 12.0. The number of ether oxygens (including phenoxy) is 1. The largest absolute Gasteiger partial charge is 0.486 e. The number of nitrogens with one attached hydrogen (secondary N) is 1. The van der Waals surface area contributed by atoms with Crippen LogP contribution in [-0.2, 0) is 11.4 Å². The molecule has 1 N–H and O–H groups in total. The number of hydrogen-bond donors (Lipinski definition) is 1. The number of halogens is 3. The molecule has 3 aromatic rings. The number of benzene rings is 3. The lowest BCUT2D eigenvalue weighted by Gasteiger charge is -2.14. The van der Waals surface area contributed by atoms with E-state index < -0.39 is 5.91 Å². The Morgan fingerprint density at radius 2 is 1.91 bits per heavy atom. The molecule has 3 rings (SSSR count). The minimum Gasteiger partial charge on any atom is -0.486 e. The SMILES string of the molecule is C[C@@H](NC(=O)/C(C#N)=C\c1cc(Cl)c(OCc2ccc(F)cc2)c(Br)c1)c1ccccc1. The monoisotopic (exact) mass is 512 g/mol. The van der Waals surface area contributed by atoms with Gasteiger partial charge < -0.3 is 10.1 Å². The smallest absolute Gasteiger partial charge is 0.262 e. The quantitative estimate of drug-likeness (QED) is 0.286. The highest BCUT2D eigenvalue weighted by atomic mass is 79.9. The van der Waals surface area contributed by atoms with Crippen molar-refractivity contribution >= 4 is 39.5 Å². The molecule has 0 aliphatic rings. The first kappa shape index (κ1) is 23.5. The Balaban J connectivity index is 1.74. The summed E-state index contributed by atoms with van der Waals surface area (Å²) in [7, 11) is 0. The first-order chi connectivity index (χ1) is 15.4. The highest BCUT2D eigenvalue weighted by Gasteiger charge is 2.15. The van der Waals surface area contributed by atoms with E-state index in [2.05, 4.69) is 21.2 Å². The average Bonchev–Trinajstić information content (AvgIpc) is 2.78. The van der Waals surface area contributed by atoms with E-state index >= 15 is 0 Å². The van der Waals surface area contributed by atoms with Crippen molar-refractivity contribution in [2.24, 2.45) is 0 Å². The molecule has 4 nitrogen and oxygen atoms in total. The van der Waals surface area contributed by atoms with Crippen molar-refractivity contribution in [3.8, 4) is 11.8 Å². The van der Waals surface area contributed by atoms with Gasteiger partial charge >= 0.3 is 0 Å². The zero-order valence-corrected chi connectivity index (χ0v) is 19.5. The molecular formula is C25H19BrClFN2O2. The molecular weight excluding hydrogens is 495 g/mol. The van der Waals surface area contributed by atoms with Gasteiger partial charge in [0.15, 0.2) is 5.75 Å². The molecule has 0 aliphatic carbocycles. The Morgan fingerprint density at radius 1 is 1.22 bits per heavy atom. The molecule has 0 aliphatic heterocycles. The number of carbonyl (C=O) groups excluding carboxylic acids is 1. The van der Waals surface area contributed by atoms with Gasteiger partial charge in [0.2, 0.25) is 0 Å². The molecule has 162 valence electrons. The standard InChI is InChI=1S/C25H19BrClFN2O2/c1-16(19-5-3-2-4-6-19)30-25(31)20(14-29)11-18-12-22(26)24(23(27)13-18)32-15-17-7-9-21(28)10-8-17/h2-13,16H,15H2,1H3,(H,30,31)/b20-11-/t16-/m1/s1. The van der Waals surface area contributed by atoms with Gasteiger partial charge in [-0.25, -0.2) is 4.39 Å². The molecule has 1 atom stereocenters. The van der Waals surface area contributed by atoms with Crippen molar-refractivity contribution in [3.05, 3.63) is 104 Å². The molecule has 7 heteroatoms. The van der Waals surface area contributed by atoms with Crippen LogP contribution in [0.3, 0.4) is 0 Å². The van der Waals surface area contributed by atoms with Gasteiger partial charge in [-0.15, -0.1) is 0 Å². The maximum Gasteiger partial charge on any atom is 0.262 e. The van der Waals surface area contributed by atoms with E-state index in [-0.39, 0.29) is 24.0 Å². The van der Waals surface area contributed by atoms with E-state index in [1.54, 1.807) is 24.3 Å². The Bertz CT molecular complexity index is 1150. The van der Waals surface area contributed by atoms with Gasteiger partial charge in [-0.2, -0.15) is 5.26 Å². The van der Waals surface area contributed by atoms with E-state index in [0.29, 0.717) is 20.8 Å². The van der Waals surface area contributed by atoms with E-state index in [9.17, 15) is 14.4 Å². The summed E-state index contributed by atoms with van der Waals surface area (Å²) in [6.07, 6.45) is 1.47. The van der Waals surface area contributed by atoms with E-state index in [0.717, 1.165) is 11.1 Å². The van der Waals surface area contributed by atoms with Crippen molar-refractivity contribution < 1.29 is 13.9 Å². The van der Waals surface area contributed by atoms with Crippen LogP contribution in [0.15, 0.2) is 76.8 Å². The van der Waals surface area contributed by atoms with Crippen molar-refractivity contribution in [2.75, 3.05) is 0 Å². The topological polar surface area (TPSA) is 62.1 Å². The summed E-state index contributed by atoms with van der Waals surface area (Å²) in [5.41, 5.74) is 2.24. The Hall–Kier alpha value is -3.14. The summed E-state index contributed by atoms with van der Waals surface area (Å²) in [6.45, 7) is 2.06. The maximum absolute atomic E-state index is 13.0. The maximum atomic E-state index is 13.0. The molecule has 3 aromatic carbocycles. The summed E-state index contributed by atoms with van der Waals surface area (Å²) in [5, 5.41) is 12.6. The minimum atomic E-state index is -0.479. The molecule has 0 saturated heterocycles. The molecule has 0 fully saturated rings.